The van der Waals surface area contributed by atoms with Crippen molar-refractivity contribution in [1.82, 2.24) is 14.5 Å². The fourth-order valence-electron chi connectivity index (χ4n) is 6.78. The van der Waals surface area contributed by atoms with Crippen LogP contribution in [0.15, 0.2) is 140 Å². The van der Waals surface area contributed by atoms with Gasteiger partial charge in [-0.1, -0.05) is 103 Å². The number of fused-ring (bicyclic) bond motifs is 7. The van der Waals surface area contributed by atoms with Crippen LogP contribution in [0, 0.1) is 17.9 Å². The zero-order chi connectivity index (χ0) is 32.2. The Hall–Kier alpha value is -6.60. The lowest BCUT2D eigenvalue weighted by Gasteiger charge is -2.15. The zero-order valence-electron chi connectivity index (χ0n) is 25.4. The van der Waals surface area contributed by atoms with Crippen LogP contribution in [0.2, 0.25) is 0 Å². The van der Waals surface area contributed by atoms with Crippen molar-refractivity contribution < 1.29 is 0 Å². The third kappa shape index (κ3) is 4.22. The van der Waals surface area contributed by atoms with Gasteiger partial charge in [-0.3, -0.25) is 0 Å². The summed E-state index contributed by atoms with van der Waals surface area (Å²) in [5.41, 5.74) is 7.11. The lowest BCUT2D eigenvalue weighted by Crippen LogP contribution is -2.01. The molecule has 0 saturated heterocycles. The Morgan fingerprint density at radius 2 is 1.27 bits per heavy atom. The SMILES string of the molecule is [C-]#[N+]c1cc(-c2nc(-c3ccccc3)nc(-c3ccccc3)c2C#N)ccc1-n1c2ccccc2c2c3c(ccc21)sc1ccccc13. The molecular weight excluding hydrogens is 607 g/mol. The molecule has 0 unspecified atom stereocenters. The van der Waals surface area contributed by atoms with Gasteiger partial charge in [0, 0.05) is 42.1 Å². The molecule has 0 N–H and O–H groups in total. The van der Waals surface area contributed by atoms with Crippen LogP contribution < -0.4 is 0 Å². The lowest BCUT2D eigenvalue weighted by molar-refractivity contribution is 1.16. The van der Waals surface area contributed by atoms with Crippen molar-refractivity contribution in [2.24, 2.45) is 0 Å². The highest BCUT2D eigenvalue weighted by Crippen LogP contribution is 2.45. The summed E-state index contributed by atoms with van der Waals surface area (Å²) in [5, 5.41) is 15.3. The Bertz CT molecular complexity index is 2800. The number of rotatable bonds is 4. The Labute approximate surface area is 280 Å². The fourth-order valence-corrected chi connectivity index (χ4v) is 7.89. The maximum absolute atomic E-state index is 10.5. The van der Waals surface area contributed by atoms with Gasteiger partial charge in [-0.2, -0.15) is 5.26 Å². The Kier molecular flexibility index (Phi) is 6.36. The van der Waals surface area contributed by atoms with Gasteiger partial charge in [0.1, 0.15) is 11.6 Å². The molecule has 6 heteroatoms. The van der Waals surface area contributed by atoms with E-state index < -0.39 is 0 Å². The molecule has 9 aromatic rings. The van der Waals surface area contributed by atoms with Gasteiger partial charge in [-0.05, 0) is 42.0 Å². The van der Waals surface area contributed by atoms with E-state index in [1.54, 1.807) is 11.3 Å². The average Bonchev–Trinajstić information content (AvgIpc) is 3.70. The third-order valence-corrected chi connectivity index (χ3v) is 10.0. The van der Waals surface area contributed by atoms with E-state index in [9.17, 15) is 5.26 Å². The molecule has 9 rings (SSSR count). The minimum absolute atomic E-state index is 0.369. The number of hydrogen-bond acceptors (Lipinski definition) is 4. The molecule has 3 heterocycles. The molecule has 0 aliphatic heterocycles. The molecule has 0 bridgehead atoms. The monoisotopic (exact) mass is 629 g/mol. The first-order valence-electron chi connectivity index (χ1n) is 15.5. The third-order valence-electron chi connectivity index (χ3n) is 8.89. The van der Waals surface area contributed by atoms with E-state index in [1.807, 2.05) is 84.9 Å². The van der Waals surface area contributed by atoms with Crippen molar-refractivity contribution in [1.29, 1.82) is 5.26 Å². The standard InChI is InChI=1S/C42H23N5S/c1-44-32-24-28(41-31(25-43)40(26-12-4-2-5-13-26)45-42(46-41)27-14-6-3-7-15-27)20-21-34(32)47-33-18-10-8-16-29(33)38-35(47)22-23-37-39(38)30-17-9-11-19-36(30)48-37/h2-24H. The van der Waals surface area contributed by atoms with Crippen LogP contribution in [-0.2, 0) is 0 Å². The fraction of sp³-hybridized carbons (Fsp3) is 0. The summed E-state index contributed by atoms with van der Waals surface area (Å²) in [6.07, 6.45) is 0. The maximum Gasteiger partial charge on any atom is 0.211 e. The van der Waals surface area contributed by atoms with Crippen LogP contribution in [0.3, 0.4) is 0 Å². The molecule has 0 spiro atoms. The zero-order valence-corrected chi connectivity index (χ0v) is 26.2. The molecule has 0 amide bonds. The molecular formula is C42H23N5S. The van der Waals surface area contributed by atoms with E-state index in [0.29, 0.717) is 34.0 Å². The number of nitriles is 1. The van der Waals surface area contributed by atoms with Crippen LogP contribution in [0.4, 0.5) is 5.69 Å². The first-order valence-corrected chi connectivity index (χ1v) is 16.3. The van der Waals surface area contributed by atoms with E-state index in [0.717, 1.165) is 33.2 Å². The van der Waals surface area contributed by atoms with Crippen molar-refractivity contribution in [2.75, 3.05) is 0 Å². The first kappa shape index (κ1) is 27.7. The van der Waals surface area contributed by atoms with Gasteiger partial charge in [0.15, 0.2) is 5.82 Å². The van der Waals surface area contributed by atoms with Crippen molar-refractivity contribution in [3.63, 3.8) is 0 Å². The van der Waals surface area contributed by atoms with Crippen LogP contribution in [0.25, 0.3) is 86.4 Å². The summed E-state index contributed by atoms with van der Waals surface area (Å²) in [6, 6.07) is 49.0. The molecule has 48 heavy (non-hydrogen) atoms. The second-order valence-corrected chi connectivity index (χ2v) is 12.6. The molecule has 3 aromatic heterocycles. The largest absolute Gasteiger partial charge is 0.319 e. The number of hydrogen-bond donors (Lipinski definition) is 0. The van der Waals surface area contributed by atoms with Gasteiger partial charge >= 0.3 is 0 Å². The van der Waals surface area contributed by atoms with Gasteiger partial charge in [0.25, 0.3) is 0 Å². The predicted molar refractivity (Wildman–Crippen MR) is 197 cm³/mol. The Morgan fingerprint density at radius 1 is 0.604 bits per heavy atom. The highest BCUT2D eigenvalue weighted by atomic mass is 32.1. The van der Waals surface area contributed by atoms with Crippen LogP contribution in [-0.4, -0.2) is 14.5 Å². The van der Waals surface area contributed by atoms with Crippen molar-refractivity contribution in [2.45, 2.75) is 0 Å². The van der Waals surface area contributed by atoms with Crippen LogP contribution in [0.1, 0.15) is 5.56 Å². The van der Waals surface area contributed by atoms with E-state index in [-0.39, 0.29) is 0 Å². The molecule has 6 aromatic carbocycles. The Morgan fingerprint density at radius 3 is 2.02 bits per heavy atom. The summed E-state index contributed by atoms with van der Waals surface area (Å²) in [6.45, 7) is 8.34. The summed E-state index contributed by atoms with van der Waals surface area (Å²) >= 11 is 1.80. The highest BCUT2D eigenvalue weighted by molar-refractivity contribution is 7.26. The molecule has 5 nitrogen and oxygen atoms in total. The summed E-state index contributed by atoms with van der Waals surface area (Å²) in [5.74, 6) is 0.520. The van der Waals surface area contributed by atoms with Crippen LogP contribution in [0.5, 0.6) is 0 Å². The second-order valence-electron chi connectivity index (χ2n) is 11.6. The van der Waals surface area contributed by atoms with Crippen molar-refractivity contribution in [3.8, 4) is 45.7 Å². The van der Waals surface area contributed by atoms with Gasteiger partial charge < -0.3 is 4.57 Å². The molecule has 222 valence electrons. The average molecular weight is 630 g/mol. The maximum atomic E-state index is 10.5. The molecule has 0 radical (unpaired) electrons. The van der Waals surface area contributed by atoms with Gasteiger partial charge in [-0.25, -0.2) is 14.8 Å². The molecule has 0 aliphatic rings. The Balaban J connectivity index is 1.30. The first-order chi connectivity index (χ1) is 23.7. The van der Waals surface area contributed by atoms with E-state index in [4.69, 9.17) is 16.5 Å². The number of para-hydroxylation sites is 1. The second kappa shape index (κ2) is 11.0. The van der Waals surface area contributed by atoms with E-state index >= 15 is 0 Å². The number of benzene rings is 6. The van der Waals surface area contributed by atoms with E-state index in [2.05, 4.69) is 70.1 Å². The summed E-state index contributed by atoms with van der Waals surface area (Å²) in [4.78, 5) is 13.9. The molecule has 0 atom stereocenters. The normalized spacial score (nSPS) is 11.3. The minimum atomic E-state index is 0.369. The lowest BCUT2D eigenvalue weighted by atomic mass is 9.99. The summed E-state index contributed by atoms with van der Waals surface area (Å²) in [7, 11) is 0. The van der Waals surface area contributed by atoms with Crippen LogP contribution >= 0.6 is 11.3 Å². The molecule has 0 fully saturated rings. The summed E-state index contributed by atoms with van der Waals surface area (Å²) < 4.78 is 4.69. The van der Waals surface area contributed by atoms with Gasteiger partial charge in [0.05, 0.1) is 34.7 Å². The quantitative estimate of drug-likeness (QED) is 0.182. The predicted octanol–water partition coefficient (Wildman–Crippen LogP) is 11.4. The number of aromatic nitrogens is 3. The van der Waals surface area contributed by atoms with Gasteiger partial charge in [0.2, 0.25) is 5.69 Å². The number of nitrogens with zero attached hydrogens (tertiary/aromatic N) is 5. The van der Waals surface area contributed by atoms with Crippen molar-refractivity contribution in [3.05, 3.63) is 157 Å². The van der Waals surface area contributed by atoms with Crippen molar-refractivity contribution >= 4 is 59.0 Å². The number of thiophene rings is 1. The highest BCUT2D eigenvalue weighted by Gasteiger charge is 2.22. The topological polar surface area (TPSA) is 58.9 Å². The molecule has 0 aliphatic carbocycles. The van der Waals surface area contributed by atoms with E-state index in [1.165, 1.54) is 25.6 Å². The minimum Gasteiger partial charge on any atom is -0.319 e. The molecule has 0 saturated carbocycles. The van der Waals surface area contributed by atoms with Gasteiger partial charge in [-0.15, -0.1) is 11.3 Å². The smallest absolute Gasteiger partial charge is 0.211 e.